The molecule has 0 bridgehead atoms. The van der Waals surface area contributed by atoms with Gasteiger partial charge in [0.05, 0.1) is 32.7 Å². The SMILES string of the molecule is CS(=O)(=O)N(CC(=O)Nc1cc(Cl)c(Cl)cc1Cl)c1ccc(F)c(F)c1. The van der Waals surface area contributed by atoms with Crippen LogP contribution >= 0.6 is 34.8 Å². The third-order valence-corrected chi connectivity index (χ3v) is 5.34. The maximum atomic E-state index is 13.4. The Morgan fingerprint density at radius 3 is 2.23 bits per heavy atom. The van der Waals surface area contributed by atoms with E-state index in [0.29, 0.717) is 10.4 Å². The number of sulfonamides is 1. The second kappa shape index (κ2) is 7.96. The minimum absolute atomic E-state index is 0.0893. The first kappa shape index (κ1) is 20.7. The van der Waals surface area contributed by atoms with Crippen molar-refractivity contribution in [1.82, 2.24) is 0 Å². The lowest BCUT2D eigenvalue weighted by Gasteiger charge is -2.22. The zero-order valence-electron chi connectivity index (χ0n) is 13.1. The summed E-state index contributed by atoms with van der Waals surface area (Å²) >= 11 is 17.6. The van der Waals surface area contributed by atoms with Crippen molar-refractivity contribution in [2.75, 3.05) is 22.4 Å². The Morgan fingerprint density at radius 1 is 1.04 bits per heavy atom. The van der Waals surface area contributed by atoms with Crippen molar-refractivity contribution < 1.29 is 22.0 Å². The number of hydrogen-bond donors (Lipinski definition) is 1. The number of amides is 1. The molecule has 2 aromatic carbocycles. The molecular formula is C15H11Cl3F2N2O3S. The van der Waals surface area contributed by atoms with Gasteiger partial charge in [-0.1, -0.05) is 34.8 Å². The fourth-order valence-electron chi connectivity index (χ4n) is 1.98. The van der Waals surface area contributed by atoms with Crippen LogP contribution in [-0.4, -0.2) is 27.1 Å². The van der Waals surface area contributed by atoms with Gasteiger partial charge in [-0.3, -0.25) is 9.10 Å². The monoisotopic (exact) mass is 442 g/mol. The van der Waals surface area contributed by atoms with Crippen molar-refractivity contribution in [1.29, 1.82) is 0 Å². The topological polar surface area (TPSA) is 66.5 Å². The van der Waals surface area contributed by atoms with Crippen molar-refractivity contribution >= 4 is 62.1 Å². The Kier molecular flexibility index (Phi) is 6.33. The van der Waals surface area contributed by atoms with E-state index < -0.39 is 34.1 Å². The lowest BCUT2D eigenvalue weighted by atomic mass is 10.3. The molecule has 11 heteroatoms. The van der Waals surface area contributed by atoms with Gasteiger partial charge in [0.25, 0.3) is 0 Å². The van der Waals surface area contributed by atoms with Gasteiger partial charge in [0.2, 0.25) is 15.9 Å². The number of halogens is 5. The van der Waals surface area contributed by atoms with E-state index >= 15 is 0 Å². The van der Waals surface area contributed by atoms with Gasteiger partial charge in [0.15, 0.2) is 11.6 Å². The van der Waals surface area contributed by atoms with E-state index in [1.807, 2.05) is 0 Å². The van der Waals surface area contributed by atoms with Crippen LogP contribution in [0.3, 0.4) is 0 Å². The van der Waals surface area contributed by atoms with Crippen LogP contribution in [0.25, 0.3) is 0 Å². The Morgan fingerprint density at radius 2 is 1.65 bits per heavy atom. The van der Waals surface area contributed by atoms with E-state index in [0.717, 1.165) is 18.4 Å². The number of benzene rings is 2. The summed E-state index contributed by atoms with van der Waals surface area (Å²) in [5, 5.41) is 2.78. The van der Waals surface area contributed by atoms with E-state index in [2.05, 4.69) is 5.32 Å². The maximum absolute atomic E-state index is 13.4. The van der Waals surface area contributed by atoms with Crippen molar-refractivity contribution in [3.8, 4) is 0 Å². The molecular weight excluding hydrogens is 433 g/mol. The number of anilines is 2. The first-order valence-corrected chi connectivity index (χ1v) is 9.84. The highest BCUT2D eigenvalue weighted by molar-refractivity contribution is 7.92. The molecule has 0 atom stereocenters. The standard InChI is InChI=1S/C15H11Cl3F2N2O3S/c1-26(24,25)22(8-2-3-12(19)13(20)4-8)7-15(23)21-14-6-10(17)9(16)5-11(14)18/h2-6H,7H2,1H3,(H,21,23). The normalized spacial score (nSPS) is 11.3. The number of rotatable bonds is 5. The minimum Gasteiger partial charge on any atom is -0.323 e. The van der Waals surface area contributed by atoms with Crippen LogP contribution in [0.4, 0.5) is 20.2 Å². The summed E-state index contributed by atoms with van der Waals surface area (Å²) in [5.41, 5.74) is -0.0911. The van der Waals surface area contributed by atoms with Gasteiger partial charge in [-0.15, -0.1) is 0 Å². The third-order valence-electron chi connectivity index (χ3n) is 3.16. The Labute approximate surface area is 163 Å². The Balaban J connectivity index is 2.28. The highest BCUT2D eigenvalue weighted by Crippen LogP contribution is 2.32. The molecule has 1 N–H and O–H groups in total. The van der Waals surface area contributed by atoms with Gasteiger partial charge in [-0.2, -0.15) is 0 Å². The summed E-state index contributed by atoms with van der Waals surface area (Å²) in [6, 6.07) is 5.09. The summed E-state index contributed by atoms with van der Waals surface area (Å²) in [6.45, 7) is -0.694. The molecule has 0 spiro atoms. The van der Waals surface area contributed by atoms with E-state index in [9.17, 15) is 22.0 Å². The second-order valence-electron chi connectivity index (χ2n) is 5.16. The first-order valence-electron chi connectivity index (χ1n) is 6.86. The molecule has 0 aliphatic carbocycles. The fraction of sp³-hybridized carbons (Fsp3) is 0.133. The quantitative estimate of drug-likeness (QED) is 0.700. The maximum Gasteiger partial charge on any atom is 0.245 e. The first-order chi connectivity index (χ1) is 12.0. The molecule has 0 saturated heterocycles. The molecule has 0 radical (unpaired) electrons. The van der Waals surface area contributed by atoms with Crippen molar-refractivity contribution in [2.24, 2.45) is 0 Å². The molecule has 0 aliphatic rings. The number of carbonyl (C=O) groups is 1. The van der Waals surface area contributed by atoms with Crippen LogP contribution < -0.4 is 9.62 Å². The molecule has 0 heterocycles. The third kappa shape index (κ3) is 4.97. The summed E-state index contributed by atoms with van der Waals surface area (Å²) in [5.74, 6) is -3.17. The lowest BCUT2D eigenvalue weighted by Crippen LogP contribution is -2.37. The number of nitrogens with zero attached hydrogens (tertiary/aromatic N) is 1. The van der Waals surface area contributed by atoms with Crippen LogP contribution in [0, 0.1) is 11.6 Å². The number of carbonyl (C=O) groups excluding carboxylic acids is 1. The van der Waals surface area contributed by atoms with Gasteiger partial charge in [-0.25, -0.2) is 17.2 Å². The lowest BCUT2D eigenvalue weighted by molar-refractivity contribution is -0.114. The Bertz CT molecular complexity index is 971. The largest absolute Gasteiger partial charge is 0.323 e. The smallest absolute Gasteiger partial charge is 0.245 e. The van der Waals surface area contributed by atoms with Crippen LogP contribution in [0.5, 0.6) is 0 Å². The van der Waals surface area contributed by atoms with Gasteiger partial charge in [0.1, 0.15) is 6.54 Å². The molecule has 2 rings (SSSR count). The van der Waals surface area contributed by atoms with E-state index in [1.165, 1.54) is 12.1 Å². The number of hydrogen-bond acceptors (Lipinski definition) is 3. The predicted molar refractivity (Wildman–Crippen MR) is 98.6 cm³/mol. The second-order valence-corrected chi connectivity index (χ2v) is 8.29. The van der Waals surface area contributed by atoms with Gasteiger partial charge >= 0.3 is 0 Å². The Hall–Kier alpha value is -1.61. The van der Waals surface area contributed by atoms with Gasteiger partial charge < -0.3 is 5.32 Å². The van der Waals surface area contributed by atoms with E-state index in [1.54, 1.807) is 0 Å². The van der Waals surface area contributed by atoms with Crippen LogP contribution in [-0.2, 0) is 14.8 Å². The molecule has 140 valence electrons. The summed E-state index contributed by atoms with van der Waals surface area (Å²) in [4.78, 5) is 12.2. The van der Waals surface area contributed by atoms with Crippen LogP contribution in [0.1, 0.15) is 0 Å². The highest BCUT2D eigenvalue weighted by atomic mass is 35.5. The summed E-state index contributed by atoms with van der Waals surface area (Å²) in [7, 11) is -3.96. The molecule has 5 nitrogen and oxygen atoms in total. The van der Waals surface area contributed by atoms with Crippen molar-refractivity contribution in [2.45, 2.75) is 0 Å². The van der Waals surface area contributed by atoms with Crippen LogP contribution in [0.2, 0.25) is 15.1 Å². The average Bonchev–Trinajstić information content (AvgIpc) is 2.52. The summed E-state index contributed by atoms with van der Waals surface area (Å²) < 4.78 is 51.0. The van der Waals surface area contributed by atoms with Crippen molar-refractivity contribution in [3.05, 3.63) is 57.0 Å². The van der Waals surface area contributed by atoms with E-state index in [4.69, 9.17) is 34.8 Å². The van der Waals surface area contributed by atoms with Gasteiger partial charge in [0, 0.05) is 6.07 Å². The zero-order valence-corrected chi connectivity index (χ0v) is 16.1. The van der Waals surface area contributed by atoms with Gasteiger partial charge in [-0.05, 0) is 24.3 Å². The van der Waals surface area contributed by atoms with E-state index in [-0.39, 0.29) is 26.4 Å². The molecule has 0 aromatic heterocycles. The molecule has 26 heavy (non-hydrogen) atoms. The molecule has 0 saturated carbocycles. The predicted octanol–water partition coefficient (Wildman–Crippen LogP) is 4.33. The molecule has 2 aromatic rings. The molecule has 0 unspecified atom stereocenters. The zero-order chi connectivity index (χ0) is 19.6. The molecule has 0 fully saturated rings. The minimum atomic E-state index is -3.96. The highest BCUT2D eigenvalue weighted by Gasteiger charge is 2.22. The molecule has 1 amide bonds. The summed E-state index contributed by atoms with van der Waals surface area (Å²) in [6.07, 6.45) is 0.827. The fourth-order valence-corrected chi connectivity index (χ4v) is 3.42. The van der Waals surface area contributed by atoms with Crippen LogP contribution in [0.15, 0.2) is 30.3 Å². The van der Waals surface area contributed by atoms with Crippen molar-refractivity contribution in [3.63, 3.8) is 0 Å². The molecule has 0 aliphatic heterocycles. The number of nitrogens with one attached hydrogen (secondary N) is 1. The average molecular weight is 444 g/mol.